The van der Waals surface area contributed by atoms with Crippen LogP contribution in [0, 0.1) is 11.3 Å². The highest BCUT2D eigenvalue weighted by Crippen LogP contribution is 2.37. The Kier molecular flexibility index (Phi) is 4.20. The molecule has 0 aromatic rings. The summed E-state index contributed by atoms with van der Waals surface area (Å²) < 4.78 is 0. The van der Waals surface area contributed by atoms with Crippen LogP contribution >= 0.6 is 0 Å². The van der Waals surface area contributed by atoms with Crippen molar-refractivity contribution in [2.24, 2.45) is 17.1 Å². The first-order valence-electron chi connectivity index (χ1n) is 5.57. The summed E-state index contributed by atoms with van der Waals surface area (Å²) in [5.74, 6) is 0.903. The quantitative estimate of drug-likeness (QED) is 0.657. The van der Waals surface area contributed by atoms with Gasteiger partial charge < -0.3 is 11.1 Å². The maximum Gasteiger partial charge on any atom is 0.0428 e. The van der Waals surface area contributed by atoms with Crippen molar-refractivity contribution in [3.05, 3.63) is 0 Å². The minimum atomic E-state index is 0.430. The first-order valence-corrected chi connectivity index (χ1v) is 5.57. The van der Waals surface area contributed by atoms with Crippen molar-refractivity contribution in [3.63, 3.8) is 0 Å². The van der Waals surface area contributed by atoms with Gasteiger partial charge in [0.2, 0.25) is 0 Å². The molecule has 78 valence electrons. The number of nitrogens with one attached hydrogen (secondary N) is 1. The molecule has 0 atom stereocenters. The molecular weight excluding hydrogens is 160 g/mol. The van der Waals surface area contributed by atoms with Gasteiger partial charge in [0.1, 0.15) is 0 Å². The summed E-state index contributed by atoms with van der Waals surface area (Å²) in [4.78, 5) is 0. The molecule has 2 heteroatoms. The number of nitrogens with two attached hydrogens (primary N) is 1. The Labute approximate surface area is 82.3 Å². The molecule has 0 radical (unpaired) electrons. The summed E-state index contributed by atoms with van der Waals surface area (Å²) in [5, 5.41) is 3.26. The molecule has 0 saturated heterocycles. The monoisotopic (exact) mass is 184 g/mol. The third kappa shape index (κ3) is 3.28. The molecule has 0 aliphatic heterocycles. The second-order valence-corrected chi connectivity index (χ2v) is 4.95. The molecule has 13 heavy (non-hydrogen) atoms. The lowest BCUT2D eigenvalue weighted by atomic mass is 9.71. The van der Waals surface area contributed by atoms with E-state index in [1.165, 1.54) is 32.1 Å². The van der Waals surface area contributed by atoms with Crippen molar-refractivity contribution >= 4 is 0 Å². The van der Waals surface area contributed by atoms with E-state index in [0.717, 1.165) is 12.5 Å². The first kappa shape index (κ1) is 11.0. The van der Waals surface area contributed by atoms with E-state index in [0.29, 0.717) is 12.1 Å². The molecule has 1 rings (SSSR count). The van der Waals surface area contributed by atoms with Gasteiger partial charge in [-0.05, 0) is 24.2 Å². The van der Waals surface area contributed by atoms with Gasteiger partial charge in [-0.15, -0.1) is 0 Å². The second-order valence-electron chi connectivity index (χ2n) is 4.95. The summed E-state index contributed by atoms with van der Waals surface area (Å²) >= 11 is 0. The van der Waals surface area contributed by atoms with Crippen LogP contribution in [0.1, 0.15) is 46.0 Å². The Morgan fingerprint density at radius 3 is 2.38 bits per heavy atom. The summed E-state index contributed by atoms with van der Waals surface area (Å²) in [6.45, 7) is 6.40. The van der Waals surface area contributed by atoms with Crippen LogP contribution in [-0.2, 0) is 0 Å². The van der Waals surface area contributed by atoms with Crippen LogP contribution in [0.15, 0.2) is 0 Å². The Morgan fingerprint density at radius 1 is 1.23 bits per heavy atom. The molecular formula is C11H24N2. The Hall–Kier alpha value is -0.0800. The Morgan fingerprint density at radius 2 is 1.85 bits per heavy atom. The summed E-state index contributed by atoms with van der Waals surface area (Å²) in [7, 11) is 0. The molecule has 1 saturated carbocycles. The largest absolute Gasteiger partial charge is 0.318 e. The lowest BCUT2D eigenvalue weighted by Gasteiger charge is -2.37. The zero-order valence-corrected chi connectivity index (χ0v) is 9.10. The predicted molar refractivity (Wildman–Crippen MR) is 57.4 cm³/mol. The summed E-state index contributed by atoms with van der Waals surface area (Å²) in [5.41, 5.74) is 5.88. The molecule has 0 bridgehead atoms. The van der Waals surface area contributed by atoms with E-state index in [4.69, 9.17) is 5.73 Å². The van der Waals surface area contributed by atoms with Crippen molar-refractivity contribution < 1.29 is 0 Å². The normalized spacial score (nSPS) is 20.5. The third-order valence-electron chi connectivity index (χ3n) is 3.44. The van der Waals surface area contributed by atoms with Gasteiger partial charge in [-0.2, -0.15) is 0 Å². The predicted octanol–water partition coefficient (Wildman–Crippen LogP) is 2.10. The molecule has 3 N–H and O–H groups in total. The molecule has 1 aliphatic rings. The van der Waals surface area contributed by atoms with Crippen LogP contribution in [0.3, 0.4) is 0 Å². The van der Waals surface area contributed by atoms with Gasteiger partial charge in [0.05, 0.1) is 0 Å². The summed E-state index contributed by atoms with van der Waals surface area (Å²) in [6.07, 6.45) is 7.13. The molecule has 0 aromatic carbocycles. The standard InChI is InChI=1S/C11H24N2/c1-11(2,8-13-9-12)10-6-4-3-5-7-10/h10,13H,3-9,12H2,1-2H3. The number of rotatable bonds is 4. The molecule has 0 amide bonds. The smallest absolute Gasteiger partial charge is 0.0428 e. The Balaban J connectivity index is 2.36. The third-order valence-corrected chi connectivity index (χ3v) is 3.44. The first-order chi connectivity index (χ1) is 6.17. The fourth-order valence-electron chi connectivity index (χ4n) is 2.42. The lowest BCUT2D eigenvalue weighted by Crippen LogP contribution is -2.38. The lowest BCUT2D eigenvalue weighted by molar-refractivity contribution is 0.155. The van der Waals surface area contributed by atoms with Crippen molar-refractivity contribution in [2.45, 2.75) is 46.0 Å². The van der Waals surface area contributed by atoms with Crippen LogP contribution in [0.25, 0.3) is 0 Å². The molecule has 1 fully saturated rings. The van der Waals surface area contributed by atoms with E-state index >= 15 is 0 Å². The van der Waals surface area contributed by atoms with Gasteiger partial charge in [0, 0.05) is 13.2 Å². The maximum absolute atomic E-state index is 5.45. The molecule has 0 spiro atoms. The van der Waals surface area contributed by atoms with Crippen LogP contribution < -0.4 is 11.1 Å². The SMILES string of the molecule is CC(C)(CNCN)C1CCCCC1. The fraction of sp³-hybridized carbons (Fsp3) is 1.00. The topological polar surface area (TPSA) is 38.0 Å². The van der Waals surface area contributed by atoms with E-state index in [1.807, 2.05) is 0 Å². The van der Waals surface area contributed by atoms with Crippen LogP contribution in [0.2, 0.25) is 0 Å². The van der Waals surface area contributed by atoms with Gasteiger partial charge in [-0.1, -0.05) is 33.1 Å². The number of hydrogen-bond acceptors (Lipinski definition) is 2. The minimum absolute atomic E-state index is 0.430. The molecule has 2 nitrogen and oxygen atoms in total. The van der Waals surface area contributed by atoms with Crippen LogP contribution in [-0.4, -0.2) is 13.2 Å². The average Bonchev–Trinajstić information content (AvgIpc) is 2.16. The van der Waals surface area contributed by atoms with Crippen molar-refractivity contribution in [1.82, 2.24) is 5.32 Å². The van der Waals surface area contributed by atoms with E-state index < -0.39 is 0 Å². The number of hydrogen-bond donors (Lipinski definition) is 2. The maximum atomic E-state index is 5.45. The average molecular weight is 184 g/mol. The van der Waals surface area contributed by atoms with E-state index in [2.05, 4.69) is 19.2 Å². The highest BCUT2D eigenvalue weighted by molar-refractivity contribution is 4.82. The van der Waals surface area contributed by atoms with Gasteiger partial charge in [0.15, 0.2) is 0 Å². The zero-order chi connectivity index (χ0) is 9.73. The fourth-order valence-corrected chi connectivity index (χ4v) is 2.42. The van der Waals surface area contributed by atoms with Gasteiger partial charge >= 0.3 is 0 Å². The van der Waals surface area contributed by atoms with E-state index in [1.54, 1.807) is 0 Å². The second kappa shape index (κ2) is 4.97. The minimum Gasteiger partial charge on any atom is -0.318 e. The zero-order valence-electron chi connectivity index (χ0n) is 9.10. The van der Waals surface area contributed by atoms with Gasteiger partial charge in [-0.3, -0.25) is 0 Å². The molecule has 0 unspecified atom stereocenters. The van der Waals surface area contributed by atoms with Crippen molar-refractivity contribution in [1.29, 1.82) is 0 Å². The van der Waals surface area contributed by atoms with Crippen molar-refractivity contribution in [2.75, 3.05) is 13.2 Å². The van der Waals surface area contributed by atoms with Gasteiger partial charge in [-0.25, -0.2) is 0 Å². The molecule has 1 aliphatic carbocycles. The highest BCUT2D eigenvalue weighted by Gasteiger charge is 2.29. The summed E-state index contributed by atoms with van der Waals surface area (Å²) in [6, 6.07) is 0. The van der Waals surface area contributed by atoms with Crippen molar-refractivity contribution in [3.8, 4) is 0 Å². The van der Waals surface area contributed by atoms with E-state index in [-0.39, 0.29) is 0 Å². The Bertz CT molecular complexity index is 137. The molecule has 0 aromatic heterocycles. The molecule has 0 heterocycles. The van der Waals surface area contributed by atoms with Gasteiger partial charge in [0.25, 0.3) is 0 Å². The van der Waals surface area contributed by atoms with Crippen LogP contribution in [0.5, 0.6) is 0 Å². The van der Waals surface area contributed by atoms with E-state index in [9.17, 15) is 0 Å². The highest BCUT2D eigenvalue weighted by atomic mass is 15.0. The van der Waals surface area contributed by atoms with Crippen LogP contribution in [0.4, 0.5) is 0 Å².